The van der Waals surface area contributed by atoms with Crippen LogP contribution < -0.4 is 0 Å². The fourth-order valence-electron chi connectivity index (χ4n) is 5.26. The summed E-state index contributed by atoms with van der Waals surface area (Å²) in [4.78, 5) is 15.0. The lowest BCUT2D eigenvalue weighted by Crippen LogP contribution is -2.53. The highest BCUT2D eigenvalue weighted by atomic mass is 19.4. The van der Waals surface area contributed by atoms with Gasteiger partial charge in [-0.05, 0) is 55.9 Å². The predicted molar refractivity (Wildman–Crippen MR) is 111 cm³/mol. The number of carbonyl (C=O) groups is 1. The van der Waals surface area contributed by atoms with E-state index in [0.717, 1.165) is 44.2 Å². The van der Waals surface area contributed by atoms with Crippen molar-refractivity contribution in [2.75, 3.05) is 6.54 Å². The molecule has 1 saturated carbocycles. The van der Waals surface area contributed by atoms with Crippen LogP contribution in [0.3, 0.4) is 0 Å². The van der Waals surface area contributed by atoms with Crippen LogP contribution >= 0.6 is 0 Å². The molecule has 0 radical (unpaired) electrons. The molecule has 3 rings (SSSR count). The van der Waals surface area contributed by atoms with Crippen LogP contribution in [0.2, 0.25) is 0 Å². The number of hydrogen-bond acceptors (Lipinski definition) is 2. The fraction of sp³-hybridized carbons (Fsp3) is 0.696. The second-order valence-electron chi connectivity index (χ2n) is 9.09. The van der Waals surface area contributed by atoms with E-state index >= 15 is 0 Å². The van der Waals surface area contributed by atoms with Gasteiger partial charge in [-0.2, -0.15) is 26.3 Å². The summed E-state index contributed by atoms with van der Waals surface area (Å²) in [6.45, 7) is 2.17. The molecule has 2 aliphatic rings. The SMILES string of the molecule is CCC1CC(N(Cc2cc(C(F)(F)F)cc(C(F)(F)F)c2)C2CCCCC2)CCN1C(=O)O. The molecule has 2 atom stereocenters. The Bertz CT molecular complexity index is 788. The molecular formula is C23H30F6N2O2. The number of amides is 1. The number of hydrogen-bond donors (Lipinski definition) is 1. The average Bonchev–Trinajstić information content (AvgIpc) is 2.76. The highest BCUT2D eigenvalue weighted by molar-refractivity contribution is 5.65. The number of rotatable bonds is 5. The lowest BCUT2D eigenvalue weighted by atomic mass is 9.88. The molecule has 1 aliphatic heterocycles. The monoisotopic (exact) mass is 480 g/mol. The molecule has 1 aliphatic carbocycles. The summed E-state index contributed by atoms with van der Waals surface area (Å²) in [6, 6.07) is 1.52. The van der Waals surface area contributed by atoms with Gasteiger partial charge in [0.05, 0.1) is 11.1 Å². The summed E-state index contributed by atoms with van der Waals surface area (Å²) in [5, 5.41) is 9.46. The molecule has 1 aromatic rings. The summed E-state index contributed by atoms with van der Waals surface area (Å²) in [5.74, 6) is 0. The summed E-state index contributed by atoms with van der Waals surface area (Å²) in [7, 11) is 0. The largest absolute Gasteiger partial charge is 0.465 e. The third kappa shape index (κ3) is 6.33. The molecule has 0 bridgehead atoms. The summed E-state index contributed by atoms with van der Waals surface area (Å²) in [5.41, 5.74) is -2.62. The maximum atomic E-state index is 13.4. The van der Waals surface area contributed by atoms with E-state index in [0.29, 0.717) is 25.8 Å². The Morgan fingerprint density at radius 1 is 0.970 bits per heavy atom. The summed E-state index contributed by atoms with van der Waals surface area (Å²) < 4.78 is 80.1. The summed E-state index contributed by atoms with van der Waals surface area (Å²) in [6.07, 6.45) is -4.50. The Labute approximate surface area is 189 Å². The molecule has 2 fully saturated rings. The molecule has 10 heteroatoms. The number of piperidine rings is 1. The van der Waals surface area contributed by atoms with E-state index in [1.165, 1.54) is 4.90 Å². The Hall–Kier alpha value is -1.97. The van der Waals surface area contributed by atoms with Crippen molar-refractivity contribution in [2.45, 2.75) is 95.3 Å². The van der Waals surface area contributed by atoms with Crippen molar-refractivity contribution >= 4 is 6.09 Å². The molecule has 186 valence electrons. The number of likely N-dealkylation sites (tertiary alicyclic amines) is 1. The first kappa shape index (κ1) is 25.6. The number of alkyl halides is 6. The normalized spacial score (nSPS) is 23.2. The topological polar surface area (TPSA) is 43.8 Å². The van der Waals surface area contributed by atoms with E-state index < -0.39 is 29.6 Å². The molecule has 1 heterocycles. The Morgan fingerprint density at radius 2 is 1.55 bits per heavy atom. The maximum Gasteiger partial charge on any atom is 0.416 e. The zero-order chi connectivity index (χ0) is 24.4. The van der Waals surface area contributed by atoms with Gasteiger partial charge < -0.3 is 10.0 Å². The van der Waals surface area contributed by atoms with E-state index in [-0.39, 0.29) is 36.3 Å². The molecule has 2 unspecified atom stereocenters. The standard InChI is InChI=1S/C23H30F6N2O2/c1-2-18-13-20(8-9-30(18)21(32)33)31(19-6-4-3-5-7-19)14-15-10-16(22(24,25)26)12-17(11-15)23(27,28)29/h10-12,18-20H,2-9,13-14H2,1H3,(H,32,33). The van der Waals surface area contributed by atoms with Crippen LogP contribution in [0, 0.1) is 0 Å². The van der Waals surface area contributed by atoms with E-state index in [1.807, 2.05) is 6.92 Å². The molecule has 4 nitrogen and oxygen atoms in total. The minimum Gasteiger partial charge on any atom is -0.465 e. The van der Waals surface area contributed by atoms with Gasteiger partial charge in [0, 0.05) is 31.2 Å². The van der Waals surface area contributed by atoms with Crippen molar-refractivity contribution in [1.29, 1.82) is 0 Å². The van der Waals surface area contributed by atoms with Gasteiger partial charge in [-0.25, -0.2) is 4.79 Å². The first-order valence-electron chi connectivity index (χ1n) is 11.4. The average molecular weight is 480 g/mol. The van der Waals surface area contributed by atoms with E-state index in [2.05, 4.69) is 4.90 Å². The fourth-order valence-corrected chi connectivity index (χ4v) is 5.26. The molecular weight excluding hydrogens is 450 g/mol. The van der Waals surface area contributed by atoms with E-state index in [1.54, 1.807) is 0 Å². The third-order valence-electron chi connectivity index (χ3n) is 6.93. The second-order valence-corrected chi connectivity index (χ2v) is 9.09. The van der Waals surface area contributed by atoms with Crippen LogP contribution in [-0.4, -0.2) is 45.7 Å². The number of halogens is 6. The Balaban J connectivity index is 1.93. The van der Waals surface area contributed by atoms with Gasteiger partial charge >= 0.3 is 18.4 Å². The quantitative estimate of drug-likeness (QED) is 0.473. The first-order valence-corrected chi connectivity index (χ1v) is 11.4. The van der Waals surface area contributed by atoms with Crippen molar-refractivity contribution in [1.82, 2.24) is 9.80 Å². The molecule has 1 amide bonds. The zero-order valence-corrected chi connectivity index (χ0v) is 18.6. The molecule has 1 saturated heterocycles. The van der Waals surface area contributed by atoms with Gasteiger partial charge in [-0.1, -0.05) is 26.2 Å². The second kappa shape index (κ2) is 10.1. The van der Waals surface area contributed by atoms with Crippen LogP contribution in [0.5, 0.6) is 0 Å². The highest BCUT2D eigenvalue weighted by Gasteiger charge is 2.39. The smallest absolute Gasteiger partial charge is 0.416 e. The van der Waals surface area contributed by atoms with E-state index in [9.17, 15) is 36.2 Å². The van der Waals surface area contributed by atoms with Crippen LogP contribution in [0.4, 0.5) is 31.1 Å². The number of benzene rings is 1. The molecule has 33 heavy (non-hydrogen) atoms. The molecule has 1 N–H and O–H groups in total. The van der Waals surface area contributed by atoms with Crippen molar-refractivity contribution in [3.8, 4) is 0 Å². The van der Waals surface area contributed by atoms with Crippen LogP contribution in [0.25, 0.3) is 0 Å². The first-order chi connectivity index (χ1) is 15.4. The Kier molecular flexibility index (Phi) is 7.86. The zero-order valence-electron chi connectivity index (χ0n) is 18.6. The third-order valence-corrected chi connectivity index (χ3v) is 6.93. The van der Waals surface area contributed by atoms with Gasteiger partial charge in [0.25, 0.3) is 0 Å². The highest BCUT2D eigenvalue weighted by Crippen LogP contribution is 2.38. The lowest BCUT2D eigenvalue weighted by Gasteiger charge is -2.46. The Morgan fingerprint density at radius 3 is 2.03 bits per heavy atom. The van der Waals surface area contributed by atoms with Crippen LogP contribution in [-0.2, 0) is 18.9 Å². The van der Waals surface area contributed by atoms with Crippen molar-refractivity contribution in [3.05, 3.63) is 34.9 Å². The number of carboxylic acid groups (broad SMARTS) is 1. The van der Waals surface area contributed by atoms with Crippen LogP contribution in [0.1, 0.15) is 75.0 Å². The molecule has 1 aromatic carbocycles. The van der Waals surface area contributed by atoms with Crippen LogP contribution in [0.15, 0.2) is 18.2 Å². The lowest BCUT2D eigenvalue weighted by molar-refractivity contribution is -0.143. The maximum absolute atomic E-state index is 13.4. The van der Waals surface area contributed by atoms with Gasteiger partial charge in [0.15, 0.2) is 0 Å². The van der Waals surface area contributed by atoms with Gasteiger partial charge in [-0.15, -0.1) is 0 Å². The van der Waals surface area contributed by atoms with Crippen molar-refractivity contribution < 1.29 is 36.2 Å². The summed E-state index contributed by atoms with van der Waals surface area (Å²) >= 11 is 0. The van der Waals surface area contributed by atoms with Gasteiger partial charge in [0.1, 0.15) is 0 Å². The number of nitrogens with zero attached hydrogens (tertiary/aromatic N) is 2. The van der Waals surface area contributed by atoms with Crippen molar-refractivity contribution in [2.24, 2.45) is 0 Å². The van der Waals surface area contributed by atoms with Gasteiger partial charge in [0.2, 0.25) is 0 Å². The molecule has 0 aromatic heterocycles. The van der Waals surface area contributed by atoms with Crippen molar-refractivity contribution in [3.63, 3.8) is 0 Å². The predicted octanol–water partition coefficient (Wildman–Crippen LogP) is 6.78. The van der Waals surface area contributed by atoms with E-state index in [4.69, 9.17) is 0 Å². The van der Waals surface area contributed by atoms with Gasteiger partial charge in [-0.3, -0.25) is 4.90 Å². The minimum atomic E-state index is -4.88. The molecule has 0 spiro atoms. The minimum absolute atomic E-state index is 0.0172.